The minimum absolute atomic E-state index is 0.942. The van der Waals surface area contributed by atoms with Crippen LogP contribution in [0.2, 0.25) is 0 Å². The number of hydrogen-bond acceptors (Lipinski definition) is 2. The van der Waals surface area contributed by atoms with Gasteiger partial charge in [-0.3, -0.25) is 0 Å². The van der Waals surface area contributed by atoms with Crippen LogP contribution in [0.4, 0.5) is 0 Å². The lowest BCUT2D eigenvalue weighted by atomic mass is 9.71. The zero-order valence-electron chi connectivity index (χ0n) is 8.83. The van der Waals surface area contributed by atoms with E-state index in [0.717, 1.165) is 18.4 Å². The van der Waals surface area contributed by atoms with Crippen LogP contribution in [0.15, 0.2) is 17.5 Å². The minimum atomic E-state index is 0.942. The Kier molecular flexibility index (Phi) is 3.60. The molecular formula is C12H19NS. The van der Waals surface area contributed by atoms with Gasteiger partial charge in [-0.15, -0.1) is 11.3 Å². The summed E-state index contributed by atoms with van der Waals surface area (Å²) in [6.45, 7) is 4.53. The quantitative estimate of drug-likeness (QED) is 0.786. The van der Waals surface area contributed by atoms with E-state index >= 15 is 0 Å². The molecule has 1 aromatic rings. The second-order valence-electron chi connectivity index (χ2n) is 4.19. The molecule has 0 bridgehead atoms. The van der Waals surface area contributed by atoms with Crippen molar-refractivity contribution in [2.75, 3.05) is 13.1 Å². The Labute approximate surface area is 90.5 Å². The van der Waals surface area contributed by atoms with Crippen LogP contribution in [0.5, 0.6) is 0 Å². The molecule has 2 atom stereocenters. The molecule has 2 unspecified atom stereocenters. The monoisotopic (exact) mass is 209 g/mol. The first-order valence-electron chi connectivity index (χ1n) is 5.63. The fourth-order valence-electron chi connectivity index (χ4n) is 2.19. The highest BCUT2D eigenvalue weighted by molar-refractivity contribution is 7.09. The minimum Gasteiger partial charge on any atom is -0.317 e. The Morgan fingerprint density at radius 2 is 2.29 bits per heavy atom. The topological polar surface area (TPSA) is 12.0 Å². The van der Waals surface area contributed by atoms with Gasteiger partial charge < -0.3 is 5.32 Å². The fourth-order valence-corrected chi connectivity index (χ4v) is 2.99. The van der Waals surface area contributed by atoms with E-state index in [9.17, 15) is 0 Å². The summed E-state index contributed by atoms with van der Waals surface area (Å²) in [7, 11) is 0. The van der Waals surface area contributed by atoms with Gasteiger partial charge >= 0.3 is 0 Å². The van der Waals surface area contributed by atoms with E-state index in [1.54, 1.807) is 4.88 Å². The van der Waals surface area contributed by atoms with Crippen LogP contribution in [0, 0.1) is 11.8 Å². The number of hydrogen-bond donors (Lipinski definition) is 1. The molecule has 0 amide bonds. The van der Waals surface area contributed by atoms with Crippen molar-refractivity contribution in [3.05, 3.63) is 22.4 Å². The zero-order valence-corrected chi connectivity index (χ0v) is 9.65. The van der Waals surface area contributed by atoms with Gasteiger partial charge in [0.1, 0.15) is 0 Å². The Hall–Kier alpha value is -0.340. The van der Waals surface area contributed by atoms with Gasteiger partial charge in [-0.25, -0.2) is 0 Å². The lowest BCUT2D eigenvalue weighted by molar-refractivity contribution is 0.173. The third kappa shape index (κ3) is 2.37. The maximum atomic E-state index is 3.46. The standard InChI is InChI=1S/C12H19NS/c1-2-13-9-11-6-5-10(11)8-12-4-3-7-14-12/h3-4,7,10-11,13H,2,5-6,8-9H2,1H3. The van der Waals surface area contributed by atoms with Crippen molar-refractivity contribution < 1.29 is 0 Å². The number of nitrogens with one attached hydrogen (secondary N) is 1. The molecule has 0 aliphatic heterocycles. The van der Waals surface area contributed by atoms with Gasteiger partial charge in [0, 0.05) is 4.88 Å². The van der Waals surface area contributed by atoms with Crippen LogP contribution in [0.3, 0.4) is 0 Å². The van der Waals surface area contributed by atoms with E-state index in [1.165, 1.54) is 25.8 Å². The Morgan fingerprint density at radius 3 is 2.86 bits per heavy atom. The van der Waals surface area contributed by atoms with Gasteiger partial charge in [0.2, 0.25) is 0 Å². The highest BCUT2D eigenvalue weighted by Gasteiger charge is 2.30. The van der Waals surface area contributed by atoms with Crippen LogP contribution in [-0.2, 0) is 6.42 Å². The maximum Gasteiger partial charge on any atom is 0.00480 e. The molecule has 1 aliphatic rings. The largest absolute Gasteiger partial charge is 0.317 e. The summed E-state index contributed by atoms with van der Waals surface area (Å²) in [5.74, 6) is 1.89. The molecule has 1 aliphatic carbocycles. The van der Waals surface area contributed by atoms with Crippen molar-refractivity contribution in [1.29, 1.82) is 0 Å². The molecule has 0 saturated heterocycles. The molecule has 1 heterocycles. The van der Waals surface area contributed by atoms with Crippen molar-refractivity contribution in [2.24, 2.45) is 11.8 Å². The van der Waals surface area contributed by atoms with Gasteiger partial charge in [-0.05, 0) is 55.6 Å². The molecule has 0 spiro atoms. The Morgan fingerprint density at radius 1 is 1.43 bits per heavy atom. The smallest absolute Gasteiger partial charge is 0.00480 e. The van der Waals surface area contributed by atoms with Crippen molar-refractivity contribution in [3.63, 3.8) is 0 Å². The Balaban J connectivity index is 1.76. The molecule has 14 heavy (non-hydrogen) atoms. The van der Waals surface area contributed by atoms with Crippen molar-refractivity contribution in [1.82, 2.24) is 5.32 Å². The molecular weight excluding hydrogens is 190 g/mol. The van der Waals surface area contributed by atoms with Gasteiger partial charge in [-0.1, -0.05) is 13.0 Å². The second kappa shape index (κ2) is 4.94. The highest BCUT2D eigenvalue weighted by Crippen LogP contribution is 2.36. The maximum absolute atomic E-state index is 3.46. The van der Waals surface area contributed by atoms with Crippen LogP contribution in [-0.4, -0.2) is 13.1 Å². The molecule has 0 radical (unpaired) electrons. The zero-order chi connectivity index (χ0) is 9.80. The summed E-state index contributed by atoms with van der Waals surface area (Å²) < 4.78 is 0. The summed E-state index contributed by atoms with van der Waals surface area (Å²) in [6, 6.07) is 4.44. The third-order valence-corrected chi connectivity index (χ3v) is 4.17. The summed E-state index contributed by atoms with van der Waals surface area (Å²) in [6.07, 6.45) is 4.19. The van der Waals surface area contributed by atoms with E-state index in [0.29, 0.717) is 0 Å². The van der Waals surface area contributed by atoms with Crippen LogP contribution in [0.25, 0.3) is 0 Å². The second-order valence-corrected chi connectivity index (χ2v) is 5.22. The summed E-state index contributed by atoms with van der Waals surface area (Å²) in [5, 5.41) is 5.65. The summed E-state index contributed by atoms with van der Waals surface area (Å²) >= 11 is 1.91. The summed E-state index contributed by atoms with van der Waals surface area (Å²) in [4.78, 5) is 1.57. The molecule has 1 N–H and O–H groups in total. The van der Waals surface area contributed by atoms with Gasteiger partial charge in [0.05, 0.1) is 0 Å². The third-order valence-electron chi connectivity index (χ3n) is 3.27. The lowest BCUT2D eigenvalue weighted by Gasteiger charge is -2.36. The predicted molar refractivity (Wildman–Crippen MR) is 62.8 cm³/mol. The van der Waals surface area contributed by atoms with E-state index in [1.807, 2.05) is 11.3 Å². The molecule has 78 valence electrons. The number of thiophene rings is 1. The fraction of sp³-hybridized carbons (Fsp3) is 0.667. The first-order chi connectivity index (χ1) is 6.90. The molecule has 0 aromatic carbocycles. The normalized spacial score (nSPS) is 26.1. The van der Waals surface area contributed by atoms with Gasteiger partial charge in [0.25, 0.3) is 0 Å². The first kappa shape index (κ1) is 10.2. The average Bonchev–Trinajstić information content (AvgIpc) is 2.65. The van der Waals surface area contributed by atoms with Crippen LogP contribution in [0.1, 0.15) is 24.6 Å². The molecule has 2 heteroatoms. The number of rotatable bonds is 5. The van der Waals surface area contributed by atoms with Crippen molar-refractivity contribution in [2.45, 2.75) is 26.2 Å². The van der Waals surface area contributed by atoms with E-state index in [4.69, 9.17) is 0 Å². The molecule has 2 rings (SSSR count). The SMILES string of the molecule is CCNCC1CCC1Cc1cccs1. The average molecular weight is 209 g/mol. The van der Waals surface area contributed by atoms with Crippen LogP contribution < -0.4 is 5.32 Å². The van der Waals surface area contributed by atoms with E-state index in [2.05, 4.69) is 29.8 Å². The predicted octanol–water partition coefficient (Wildman–Crippen LogP) is 2.93. The van der Waals surface area contributed by atoms with Crippen molar-refractivity contribution >= 4 is 11.3 Å². The first-order valence-corrected chi connectivity index (χ1v) is 6.51. The summed E-state index contributed by atoms with van der Waals surface area (Å²) in [5.41, 5.74) is 0. The highest BCUT2D eigenvalue weighted by atomic mass is 32.1. The van der Waals surface area contributed by atoms with Crippen molar-refractivity contribution in [3.8, 4) is 0 Å². The van der Waals surface area contributed by atoms with Gasteiger partial charge in [0.15, 0.2) is 0 Å². The van der Waals surface area contributed by atoms with E-state index in [-0.39, 0.29) is 0 Å². The van der Waals surface area contributed by atoms with Crippen LogP contribution >= 0.6 is 11.3 Å². The molecule has 1 nitrogen and oxygen atoms in total. The van der Waals surface area contributed by atoms with E-state index < -0.39 is 0 Å². The van der Waals surface area contributed by atoms with Gasteiger partial charge in [-0.2, -0.15) is 0 Å². The Bertz CT molecular complexity index is 255. The molecule has 1 aromatic heterocycles. The lowest BCUT2D eigenvalue weighted by Crippen LogP contribution is -2.36. The molecule has 1 fully saturated rings. The molecule has 1 saturated carbocycles.